The predicted octanol–water partition coefficient (Wildman–Crippen LogP) is 3.12. The highest BCUT2D eigenvalue weighted by Gasteiger charge is 2.27. The lowest BCUT2D eigenvalue weighted by Crippen LogP contribution is -2.39. The average molecular weight is 490 g/mol. The first kappa shape index (κ1) is 23.5. The first-order chi connectivity index (χ1) is 12.2. The fraction of sp³-hybridized carbons (Fsp3) is 0.579. The highest BCUT2D eigenvalue weighted by Crippen LogP contribution is 2.27. The van der Waals surface area contributed by atoms with Crippen LogP contribution < -0.4 is 10.6 Å². The number of hydrogen-bond donors (Lipinski definition) is 3. The number of furan rings is 1. The Morgan fingerprint density at radius 2 is 1.93 bits per heavy atom. The first-order valence-corrected chi connectivity index (χ1v) is 8.98. The Bertz CT molecular complexity index is 746. The molecule has 0 amide bonds. The molecule has 0 fully saturated rings. The number of nitrogens with one attached hydrogen (secondary N) is 2. The molecule has 1 unspecified atom stereocenters. The van der Waals surface area contributed by atoms with Gasteiger partial charge in [0.15, 0.2) is 5.96 Å². The lowest BCUT2D eigenvalue weighted by molar-refractivity contribution is 0.0657. The summed E-state index contributed by atoms with van der Waals surface area (Å²) >= 11 is 0. The molecule has 2 aromatic heterocycles. The zero-order valence-corrected chi connectivity index (χ0v) is 19.3. The summed E-state index contributed by atoms with van der Waals surface area (Å²) in [6.07, 6.45) is 0.794. The van der Waals surface area contributed by atoms with E-state index in [1.54, 1.807) is 6.92 Å². The Morgan fingerprint density at radius 1 is 1.22 bits per heavy atom. The number of hydrogen-bond acceptors (Lipinski definition) is 5. The van der Waals surface area contributed by atoms with E-state index < -0.39 is 5.60 Å². The molecule has 0 saturated carbocycles. The third-order valence-corrected chi connectivity index (χ3v) is 4.36. The second-order valence-electron chi connectivity index (χ2n) is 6.78. The van der Waals surface area contributed by atoms with Crippen LogP contribution in [0.1, 0.15) is 47.9 Å². The van der Waals surface area contributed by atoms with Gasteiger partial charge in [0, 0.05) is 24.2 Å². The summed E-state index contributed by atoms with van der Waals surface area (Å²) in [6, 6.07) is 1.86. The van der Waals surface area contributed by atoms with Gasteiger partial charge in [0.05, 0.1) is 12.2 Å². The molecule has 0 saturated heterocycles. The molecule has 0 bridgehead atoms. The number of nitrogens with zero attached hydrogens (tertiary/aromatic N) is 2. The van der Waals surface area contributed by atoms with Crippen molar-refractivity contribution in [1.82, 2.24) is 15.8 Å². The zero-order chi connectivity index (χ0) is 19.3. The van der Waals surface area contributed by atoms with E-state index in [2.05, 4.69) is 20.8 Å². The summed E-state index contributed by atoms with van der Waals surface area (Å²) < 4.78 is 10.7. The Morgan fingerprint density at radius 3 is 2.44 bits per heavy atom. The molecule has 0 aromatic carbocycles. The third kappa shape index (κ3) is 6.24. The molecule has 0 aliphatic carbocycles. The molecule has 152 valence electrons. The normalized spacial score (nSPS) is 13.8. The van der Waals surface area contributed by atoms with Crippen molar-refractivity contribution < 1.29 is 14.0 Å². The maximum absolute atomic E-state index is 10.8. The molecule has 2 heterocycles. The first-order valence-electron chi connectivity index (χ1n) is 8.98. The molecule has 2 rings (SSSR count). The zero-order valence-electron chi connectivity index (χ0n) is 17.0. The average Bonchev–Trinajstić information content (AvgIpc) is 3.08. The molecule has 0 aliphatic rings. The van der Waals surface area contributed by atoms with E-state index in [0.29, 0.717) is 12.5 Å². The molecule has 7 nitrogen and oxygen atoms in total. The second kappa shape index (κ2) is 10.1. The maximum Gasteiger partial charge on any atom is 0.191 e. The van der Waals surface area contributed by atoms with Crippen molar-refractivity contribution in [3.05, 3.63) is 40.2 Å². The van der Waals surface area contributed by atoms with Crippen molar-refractivity contribution in [3.63, 3.8) is 0 Å². The summed E-state index contributed by atoms with van der Waals surface area (Å²) in [5.74, 6) is 3.02. The largest absolute Gasteiger partial charge is 0.466 e. The Hall–Kier alpha value is -1.55. The van der Waals surface area contributed by atoms with Gasteiger partial charge in [-0.15, -0.1) is 24.0 Å². The van der Waals surface area contributed by atoms with Gasteiger partial charge in [-0.1, -0.05) is 5.16 Å². The Kier molecular flexibility index (Phi) is 8.80. The number of aliphatic hydroxyl groups is 1. The van der Waals surface area contributed by atoms with Crippen molar-refractivity contribution in [1.29, 1.82) is 0 Å². The van der Waals surface area contributed by atoms with E-state index in [4.69, 9.17) is 8.94 Å². The van der Waals surface area contributed by atoms with Gasteiger partial charge in [0.1, 0.15) is 22.9 Å². The van der Waals surface area contributed by atoms with Crippen molar-refractivity contribution in [2.45, 2.75) is 53.6 Å². The topological polar surface area (TPSA) is 95.8 Å². The molecular formula is C19H31IN4O3. The SMILES string of the molecule is CCNC(=NCC(C)(O)c1cc(C)oc1C)NCCc1c(C)noc1C.I. The molecule has 0 aliphatic heterocycles. The Balaban J connectivity index is 0.00000364. The van der Waals surface area contributed by atoms with E-state index in [1.165, 1.54) is 0 Å². The van der Waals surface area contributed by atoms with Crippen LogP contribution in [0.4, 0.5) is 0 Å². The predicted molar refractivity (Wildman–Crippen MR) is 117 cm³/mol. The number of aromatic nitrogens is 1. The van der Waals surface area contributed by atoms with Crippen molar-refractivity contribution in [2.24, 2.45) is 4.99 Å². The highest BCUT2D eigenvalue weighted by atomic mass is 127. The van der Waals surface area contributed by atoms with Crippen molar-refractivity contribution >= 4 is 29.9 Å². The van der Waals surface area contributed by atoms with Gasteiger partial charge in [-0.25, -0.2) is 4.99 Å². The number of guanidine groups is 1. The maximum atomic E-state index is 10.8. The molecular weight excluding hydrogens is 459 g/mol. The van der Waals surface area contributed by atoms with Gasteiger partial charge in [-0.3, -0.25) is 0 Å². The van der Waals surface area contributed by atoms with Crippen LogP contribution in [0.15, 0.2) is 20.0 Å². The van der Waals surface area contributed by atoms with Crippen molar-refractivity contribution in [3.8, 4) is 0 Å². The van der Waals surface area contributed by atoms with E-state index >= 15 is 0 Å². The summed E-state index contributed by atoms with van der Waals surface area (Å²) in [5.41, 5.74) is 1.71. The van der Waals surface area contributed by atoms with Crippen LogP contribution in [-0.2, 0) is 12.0 Å². The monoisotopic (exact) mass is 490 g/mol. The van der Waals surface area contributed by atoms with Crippen LogP contribution in [0.25, 0.3) is 0 Å². The van der Waals surface area contributed by atoms with Crippen LogP contribution in [-0.4, -0.2) is 35.9 Å². The molecule has 0 spiro atoms. The number of aliphatic imine (C=N–C) groups is 1. The molecule has 8 heteroatoms. The van der Waals surface area contributed by atoms with E-state index in [9.17, 15) is 5.11 Å². The van der Waals surface area contributed by atoms with E-state index in [-0.39, 0.29) is 30.5 Å². The van der Waals surface area contributed by atoms with Crippen LogP contribution in [0.5, 0.6) is 0 Å². The van der Waals surface area contributed by atoms with Crippen LogP contribution >= 0.6 is 24.0 Å². The van der Waals surface area contributed by atoms with Crippen LogP contribution in [0.3, 0.4) is 0 Å². The lowest BCUT2D eigenvalue weighted by atomic mass is 9.96. The fourth-order valence-corrected chi connectivity index (χ4v) is 2.99. The summed E-state index contributed by atoms with van der Waals surface area (Å²) in [6.45, 7) is 13.0. The minimum Gasteiger partial charge on any atom is -0.466 e. The number of aryl methyl sites for hydroxylation is 4. The molecule has 0 radical (unpaired) electrons. The molecule has 27 heavy (non-hydrogen) atoms. The van der Waals surface area contributed by atoms with Crippen molar-refractivity contribution in [2.75, 3.05) is 19.6 Å². The molecule has 1 atom stereocenters. The van der Waals surface area contributed by atoms with Gasteiger partial charge < -0.3 is 24.7 Å². The fourth-order valence-electron chi connectivity index (χ4n) is 2.99. The van der Waals surface area contributed by atoms with E-state index in [0.717, 1.165) is 47.1 Å². The Labute approximate surface area is 178 Å². The van der Waals surface area contributed by atoms with Gasteiger partial charge in [0.2, 0.25) is 0 Å². The van der Waals surface area contributed by atoms with E-state index in [1.807, 2.05) is 40.7 Å². The lowest BCUT2D eigenvalue weighted by Gasteiger charge is -2.21. The van der Waals surface area contributed by atoms with Crippen LogP contribution in [0.2, 0.25) is 0 Å². The number of rotatable bonds is 7. The van der Waals surface area contributed by atoms with Gasteiger partial charge in [-0.2, -0.15) is 0 Å². The molecule has 2 aromatic rings. The third-order valence-electron chi connectivity index (χ3n) is 4.36. The summed E-state index contributed by atoms with van der Waals surface area (Å²) in [5, 5.41) is 21.3. The summed E-state index contributed by atoms with van der Waals surface area (Å²) in [7, 11) is 0. The molecule has 3 N–H and O–H groups in total. The quantitative estimate of drug-likeness (QED) is 0.314. The van der Waals surface area contributed by atoms with Gasteiger partial charge in [-0.05, 0) is 54.0 Å². The summed E-state index contributed by atoms with van der Waals surface area (Å²) in [4.78, 5) is 4.54. The second-order valence-corrected chi connectivity index (χ2v) is 6.78. The standard InChI is InChI=1S/C19H30N4O3.HI/c1-7-20-18(21-9-8-16-13(3)23-26-14(16)4)22-11-19(6,24)17-10-12(2)25-15(17)5;/h10,24H,7-9,11H2,1-6H3,(H2,20,21,22);1H. The minimum absolute atomic E-state index is 0. The van der Waals surface area contributed by atoms with Gasteiger partial charge in [0.25, 0.3) is 0 Å². The smallest absolute Gasteiger partial charge is 0.191 e. The highest BCUT2D eigenvalue weighted by molar-refractivity contribution is 14.0. The number of halogens is 1. The van der Waals surface area contributed by atoms with Crippen LogP contribution in [0, 0.1) is 27.7 Å². The minimum atomic E-state index is -1.09. The van der Waals surface area contributed by atoms with Gasteiger partial charge >= 0.3 is 0 Å².